The molecular formula is C11H20N2OS. The van der Waals surface area contributed by atoms with Crippen molar-refractivity contribution in [1.29, 1.82) is 0 Å². The first-order chi connectivity index (χ1) is 7.31. The number of nitrogens with zero attached hydrogens (tertiary/aromatic N) is 1. The zero-order valence-corrected chi connectivity index (χ0v) is 10.2. The Morgan fingerprint density at radius 1 is 1.47 bits per heavy atom. The first kappa shape index (κ1) is 11.3. The fourth-order valence-corrected chi connectivity index (χ4v) is 3.71. The summed E-state index contributed by atoms with van der Waals surface area (Å²) in [5.41, 5.74) is 0. The normalized spacial score (nSPS) is 32.3. The van der Waals surface area contributed by atoms with Gasteiger partial charge >= 0.3 is 0 Å². The minimum Gasteiger partial charge on any atom is -0.340 e. The Labute approximate surface area is 96.0 Å². The van der Waals surface area contributed by atoms with Crippen LogP contribution < -0.4 is 5.32 Å². The molecule has 0 aromatic rings. The zero-order chi connectivity index (χ0) is 10.7. The Hall–Kier alpha value is -0.220. The van der Waals surface area contributed by atoms with Crippen molar-refractivity contribution in [2.45, 2.75) is 37.0 Å². The fourth-order valence-electron chi connectivity index (χ4n) is 2.42. The van der Waals surface area contributed by atoms with E-state index in [2.05, 4.69) is 10.2 Å². The second-order valence-corrected chi connectivity index (χ2v) is 5.81. The molecule has 1 amide bonds. The summed E-state index contributed by atoms with van der Waals surface area (Å²) in [5.74, 6) is 1.60. The van der Waals surface area contributed by atoms with Crippen LogP contribution in [0, 0.1) is 0 Å². The lowest BCUT2D eigenvalue weighted by Crippen LogP contribution is -2.51. The summed E-state index contributed by atoms with van der Waals surface area (Å²) in [6.07, 6.45) is 4.77. The lowest BCUT2D eigenvalue weighted by atomic mass is 10.0. The van der Waals surface area contributed by atoms with E-state index >= 15 is 0 Å². The average Bonchev–Trinajstić information content (AvgIpc) is 2.74. The van der Waals surface area contributed by atoms with E-state index in [1.807, 2.05) is 18.8 Å². The lowest BCUT2D eigenvalue weighted by Gasteiger charge is -2.33. The molecule has 0 radical (unpaired) electrons. The van der Waals surface area contributed by atoms with E-state index in [4.69, 9.17) is 0 Å². The number of carbonyl (C=O) groups excluding carboxylic acids is 1. The second-order valence-electron chi connectivity index (χ2n) is 4.40. The van der Waals surface area contributed by atoms with Crippen LogP contribution in [0.2, 0.25) is 0 Å². The molecule has 4 heteroatoms. The molecular weight excluding hydrogens is 208 g/mol. The van der Waals surface area contributed by atoms with Crippen molar-refractivity contribution in [3.8, 4) is 0 Å². The fraction of sp³-hybridized carbons (Fsp3) is 0.909. The van der Waals surface area contributed by atoms with E-state index in [0.717, 1.165) is 25.9 Å². The van der Waals surface area contributed by atoms with Gasteiger partial charge in [-0.15, -0.1) is 0 Å². The molecule has 2 fully saturated rings. The molecule has 2 atom stereocenters. The summed E-state index contributed by atoms with van der Waals surface area (Å²) >= 11 is 2.03. The summed E-state index contributed by atoms with van der Waals surface area (Å²) in [6, 6.07) is 0.0742. The highest BCUT2D eigenvalue weighted by Gasteiger charge is 2.29. The quantitative estimate of drug-likeness (QED) is 0.785. The van der Waals surface area contributed by atoms with Gasteiger partial charge in [-0.3, -0.25) is 4.79 Å². The Morgan fingerprint density at radius 3 is 3.00 bits per heavy atom. The van der Waals surface area contributed by atoms with Crippen LogP contribution in [0.25, 0.3) is 0 Å². The van der Waals surface area contributed by atoms with Crippen LogP contribution in [-0.2, 0) is 4.79 Å². The molecule has 2 unspecified atom stereocenters. The highest BCUT2D eigenvalue weighted by molar-refractivity contribution is 8.00. The van der Waals surface area contributed by atoms with Crippen molar-refractivity contribution >= 4 is 17.7 Å². The predicted molar refractivity (Wildman–Crippen MR) is 64.1 cm³/mol. The van der Waals surface area contributed by atoms with Crippen LogP contribution >= 0.6 is 11.8 Å². The number of piperidine rings is 1. The number of likely N-dealkylation sites (tertiary alicyclic amines) is 1. The van der Waals surface area contributed by atoms with Crippen LogP contribution in [0.5, 0.6) is 0 Å². The minimum absolute atomic E-state index is 0.0742. The smallest absolute Gasteiger partial charge is 0.239 e. The van der Waals surface area contributed by atoms with E-state index in [9.17, 15) is 4.79 Å². The number of nitrogens with one attached hydrogen (secondary N) is 1. The summed E-state index contributed by atoms with van der Waals surface area (Å²) < 4.78 is 0. The van der Waals surface area contributed by atoms with E-state index in [-0.39, 0.29) is 6.04 Å². The first-order valence-corrected chi connectivity index (χ1v) is 6.94. The molecule has 0 spiro atoms. The van der Waals surface area contributed by atoms with Crippen molar-refractivity contribution in [1.82, 2.24) is 10.2 Å². The third kappa shape index (κ3) is 2.67. The third-order valence-corrected chi connectivity index (χ3v) is 4.71. The Bertz CT molecular complexity index is 229. The first-order valence-electron chi connectivity index (χ1n) is 5.89. The van der Waals surface area contributed by atoms with Crippen molar-refractivity contribution in [3.05, 3.63) is 0 Å². The van der Waals surface area contributed by atoms with E-state index in [0.29, 0.717) is 11.2 Å². The molecule has 15 heavy (non-hydrogen) atoms. The van der Waals surface area contributed by atoms with Gasteiger partial charge in [-0.2, -0.15) is 11.8 Å². The number of hydrogen-bond donors (Lipinski definition) is 1. The van der Waals surface area contributed by atoms with Crippen molar-refractivity contribution in [3.63, 3.8) is 0 Å². The molecule has 2 saturated heterocycles. The van der Waals surface area contributed by atoms with Gasteiger partial charge in [-0.1, -0.05) is 0 Å². The SMILES string of the molecule is CNC1CCCN(CC2CCCS2)C1=O. The maximum atomic E-state index is 12.0. The van der Waals surface area contributed by atoms with Gasteiger partial charge in [0.15, 0.2) is 0 Å². The van der Waals surface area contributed by atoms with E-state index in [1.165, 1.54) is 18.6 Å². The van der Waals surface area contributed by atoms with Crippen LogP contribution in [0.1, 0.15) is 25.7 Å². The van der Waals surface area contributed by atoms with Gasteiger partial charge in [-0.25, -0.2) is 0 Å². The average molecular weight is 228 g/mol. The predicted octanol–water partition coefficient (Wildman–Crippen LogP) is 1.09. The van der Waals surface area contributed by atoms with Gasteiger partial charge in [0.2, 0.25) is 5.91 Å². The lowest BCUT2D eigenvalue weighted by molar-refractivity contribution is -0.135. The monoisotopic (exact) mass is 228 g/mol. The maximum Gasteiger partial charge on any atom is 0.239 e. The molecule has 0 aromatic heterocycles. The summed E-state index contributed by atoms with van der Waals surface area (Å²) in [4.78, 5) is 14.1. The molecule has 0 aliphatic carbocycles. The van der Waals surface area contributed by atoms with E-state index in [1.54, 1.807) is 0 Å². The van der Waals surface area contributed by atoms with Crippen molar-refractivity contribution < 1.29 is 4.79 Å². The summed E-state index contributed by atoms with van der Waals surface area (Å²) in [6.45, 7) is 1.94. The van der Waals surface area contributed by atoms with Gasteiger partial charge in [0.1, 0.15) is 0 Å². The molecule has 0 bridgehead atoms. The molecule has 1 N–H and O–H groups in total. The van der Waals surface area contributed by atoms with Gasteiger partial charge < -0.3 is 10.2 Å². The Morgan fingerprint density at radius 2 is 2.33 bits per heavy atom. The van der Waals surface area contributed by atoms with Crippen molar-refractivity contribution in [2.24, 2.45) is 0 Å². The maximum absolute atomic E-state index is 12.0. The standard InChI is InChI=1S/C11H20N2OS/c1-12-10-5-2-6-13(11(10)14)8-9-4-3-7-15-9/h9-10,12H,2-8H2,1H3. The topological polar surface area (TPSA) is 32.3 Å². The molecule has 0 saturated carbocycles. The van der Waals surface area contributed by atoms with Gasteiger partial charge in [0.25, 0.3) is 0 Å². The van der Waals surface area contributed by atoms with Gasteiger partial charge in [-0.05, 0) is 38.5 Å². The number of likely N-dealkylation sites (N-methyl/N-ethyl adjacent to an activating group) is 1. The zero-order valence-electron chi connectivity index (χ0n) is 9.37. The van der Waals surface area contributed by atoms with Gasteiger partial charge in [0, 0.05) is 18.3 Å². The minimum atomic E-state index is 0.0742. The van der Waals surface area contributed by atoms with Crippen LogP contribution in [0.4, 0.5) is 0 Å². The molecule has 3 nitrogen and oxygen atoms in total. The molecule has 86 valence electrons. The van der Waals surface area contributed by atoms with Gasteiger partial charge in [0.05, 0.1) is 6.04 Å². The van der Waals surface area contributed by atoms with Crippen LogP contribution in [-0.4, -0.2) is 48.0 Å². The number of hydrogen-bond acceptors (Lipinski definition) is 3. The Kier molecular flexibility index (Phi) is 3.92. The molecule has 0 aromatic carbocycles. The van der Waals surface area contributed by atoms with E-state index < -0.39 is 0 Å². The van der Waals surface area contributed by atoms with Crippen molar-refractivity contribution in [2.75, 3.05) is 25.9 Å². The number of rotatable bonds is 3. The largest absolute Gasteiger partial charge is 0.340 e. The molecule has 2 heterocycles. The Balaban J connectivity index is 1.87. The number of amides is 1. The molecule has 2 aliphatic heterocycles. The summed E-state index contributed by atoms with van der Waals surface area (Å²) in [7, 11) is 1.89. The number of carbonyl (C=O) groups is 1. The van der Waals surface area contributed by atoms with Crippen LogP contribution in [0.3, 0.4) is 0 Å². The van der Waals surface area contributed by atoms with Crippen LogP contribution in [0.15, 0.2) is 0 Å². The molecule has 2 rings (SSSR count). The number of thioether (sulfide) groups is 1. The highest BCUT2D eigenvalue weighted by atomic mass is 32.2. The third-order valence-electron chi connectivity index (χ3n) is 3.33. The second kappa shape index (κ2) is 5.21. The molecule has 2 aliphatic rings. The summed E-state index contributed by atoms with van der Waals surface area (Å²) in [5, 5.41) is 3.81. The highest BCUT2D eigenvalue weighted by Crippen LogP contribution is 2.27.